The van der Waals surface area contributed by atoms with Crippen LogP contribution < -0.4 is 5.32 Å². The van der Waals surface area contributed by atoms with Crippen molar-refractivity contribution in [2.45, 2.75) is 38.9 Å². The van der Waals surface area contributed by atoms with Crippen LogP contribution in [0.3, 0.4) is 0 Å². The number of nitrogens with one attached hydrogen (secondary N) is 1. The monoisotopic (exact) mass is 298 g/mol. The molecule has 1 N–H and O–H groups in total. The minimum atomic E-state index is -0.937. The fourth-order valence-corrected chi connectivity index (χ4v) is 2.39. The molecule has 2 amide bonds. The number of nitrogens with zero attached hydrogens (tertiary/aromatic N) is 1. The molecule has 0 saturated carbocycles. The van der Waals surface area contributed by atoms with Crippen molar-refractivity contribution in [2.24, 2.45) is 0 Å². The van der Waals surface area contributed by atoms with Gasteiger partial charge in [0.25, 0.3) is 0 Å². The Morgan fingerprint density at radius 3 is 2.65 bits per heavy atom. The van der Waals surface area contributed by atoms with Crippen molar-refractivity contribution < 1.29 is 14.0 Å². The average Bonchev–Trinajstić information content (AvgIpc) is 2.36. The van der Waals surface area contributed by atoms with E-state index in [0.29, 0.717) is 5.56 Å². The van der Waals surface area contributed by atoms with Gasteiger partial charge in [-0.05, 0) is 38.5 Å². The first kappa shape index (κ1) is 14.8. The molecule has 0 spiro atoms. The van der Waals surface area contributed by atoms with Gasteiger partial charge < -0.3 is 10.2 Å². The topological polar surface area (TPSA) is 49.4 Å². The summed E-state index contributed by atoms with van der Waals surface area (Å²) in [4.78, 5) is 25.7. The second-order valence-corrected chi connectivity index (χ2v) is 5.88. The Kier molecular flexibility index (Phi) is 3.73. The molecule has 108 valence electrons. The van der Waals surface area contributed by atoms with Crippen LogP contribution in [0, 0.1) is 5.82 Å². The first-order valence-corrected chi connectivity index (χ1v) is 6.67. The van der Waals surface area contributed by atoms with Gasteiger partial charge in [-0.3, -0.25) is 9.59 Å². The van der Waals surface area contributed by atoms with E-state index in [1.807, 2.05) is 0 Å². The summed E-state index contributed by atoms with van der Waals surface area (Å²) >= 11 is 5.73. The summed E-state index contributed by atoms with van der Waals surface area (Å²) in [6.07, 6.45) is 0. The van der Waals surface area contributed by atoms with E-state index < -0.39 is 17.4 Å². The van der Waals surface area contributed by atoms with E-state index in [2.05, 4.69) is 5.32 Å². The van der Waals surface area contributed by atoms with E-state index in [-0.39, 0.29) is 23.4 Å². The fourth-order valence-electron chi connectivity index (χ4n) is 2.19. The Morgan fingerprint density at radius 2 is 2.05 bits per heavy atom. The Labute approximate surface area is 121 Å². The largest absolute Gasteiger partial charge is 0.340 e. The molecule has 1 saturated heterocycles. The summed E-state index contributed by atoms with van der Waals surface area (Å²) < 4.78 is 13.1. The van der Waals surface area contributed by atoms with Gasteiger partial charge in [-0.25, -0.2) is 4.39 Å². The first-order chi connectivity index (χ1) is 9.22. The highest BCUT2D eigenvalue weighted by Crippen LogP contribution is 2.22. The zero-order valence-electron chi connectivity index (χ0n) is 11.5. The maximum absolute atomic E-state index is 13.1. The zero-order valence-corrected chi connectivity index (χ0v) is 12.3. The van der Waals surface area contributed by atoms with Crippen LogP contribution in [0.1, 0.15) is 26.3 Å². The third-order valence-electron chi connectivity index (χ3n) is 3.42. The molecule has 1 unspecified atom stereocenters. The van der Waals surface area contributed by atoms with Crippen molar-refractivity contribution >= 4 is 23.4 Å². The van der Waals surface area contributed by atoms with Crippen LogP contribution in [0.4, 0.5) is 4.39 Å². The van der Waals surface area contributed by atoms with E-state index in [1.54, 1.807) is 26.8 Å². The summed E-state index contributed by atoms with van der Waals surface area (Å²) in [5, 5.41) is 2.68. The SMILES string of the molecule is CC1C(=O)NC(C)(C)C(=O)N1Cc1ccc(F)c(Cl)c1. The van der Waals surface area contributed by atoms with E-state index in [0.717, 1.165) is 0 Å². The number of amides is 2. The summed E-state index contributed by atoms with van der Waals surface area (Å²) in [7, 11) is 0. The van der Waals surface area contributed by atoms with Gasteiger partial charge >= 0.3 is 0 Å². The van der Waals surface area contributed by atoms with Gasteiger partial charge in [-0.1, -0.05) is 17.7 Å². The molecule has 20 heavy (non-hydrogen) atoms. The van der Waals surface area contributed by atoms with Gasteiger partial charge in [0.15, 0.2) is 0 Å². The van der Waals surface area contributed by atoms with Gasteiger partial charge in [0.2, 0.25) is 11.8 Å². The minimum Gasteiger partial charge on any atom is -0.340 e. The van der Waals surface area contributed by atoms with E-state index in [4.69, 9.17) is 11.6 Å². The standard InChI is InChI=1S/C14H16ClFN2O2/c1-8-12(19)17-14(2,3)13(20)18(8)7-9-4-5-11(16)10(15)6-9/h4-6,8H,7H2,1-3H3,(H,17,19). The normalized spacial score (nSPS) is 21.9. The lowest BCUT2D eigenvalue weighted by Crippen LogP contribution is -2.66. The maximum atomic E-state index is 13.1. The number of carbonyl (C=O) groups is 2. The second kappa shape index (κ2) is 5.05. The highest BCUT2D eigenvalue weighted by molar-refractivity contribution is 6.30. The molecular weight excluding hydrogens is 283 g/mol. The van der Waals surface area contributed by atoms with Gasteiger partial charge in [0, 0.05) is 6.54 Å². The number of rotatable bonds is 2. The number of benzene rings is 1. The molecule has 0 aromatic heterocycles. The number of hydrogen-bond donors (Lipinski definition) is 1. The third kappa shape index (κ3) is 2.63. The summed E-state index contributed by atoms with van der Waals surface area (Å²) in [6.45, 7) is 5.19. The highest BCUT2D eigenvalue weighted by Gasteiger charge is 2.43. The van der Waals surface area contributed by atoms with Gasteiger partial charge in [0.05, 0.1) is 5.02 Å². The smallest absolute Gasteiger partial charge is 0.248 e. The molecule has 1 heterocycles. The van der Waals surface area contributed by atoms with E-state index in [1.165, 1.54) is 17.0 Å². The molecule has 6 heteroatoms. The van der Waals surface area contributed by atoms with Crippen LogP contribution in [-0.4, -0.2) is 28.3 Å². The van der Waals surface area contributed by atoms with Crippen molar-refractivity contribution in [3.05, 3.63) is 34.6 Å². The molecule has 1 aliphatic heterocycles. The molecule has 1 atom stereocenters. The third-order valence-corrected chi connectivity index (χ3v) is 3.70. The summed E-state index contributed by atoms with van der Waals surface area (Å²) in [6, 6.07) is 3.71. The lowest BCUT2D eigenvalue weighted by atomic mass is 9.97. The van der Waals surface area contributed by atoms with Crippen LogP contribution >= 0.6 is 11.6 Å². The van der Waals surface area contributed by atoms with Crippen molar-refractivity contribution in [1.82, 2.24) is 10.2 Å². The number of piperazine rings is 1. The van der Waals surface area contributed by atoms with Crippen LogP contribution in [0.5, 0.6) is 0 Å². The molecule has 2 rings (SSSR count). The van der Waals surface area contributed by atoms with Gasteiger partial charge in [-0.2, -0.15) is 0 Å². The van der Waals surface area contributed by atoms with E-state index in [9.17, 15) is 14.0 Å². The predicted octanol–water partition coefficient (Wildman–Crippen LogP) is 2.10. The number of carbonyl (C=O) groups excluding carboxylic acids is 2. The zero-order chi connectivity index (χ0) is 15.1. The first-order valence-electron chi connectivity index (χ1n) is 6.29. The Balaban J connectivity index is 2.27. The molecule has 4 nitrogen and oxygen atoms in total. The quantitative estimate of drug-likeness (QED) is 0.909. The minimum absolute atomic E-state index is 0.00308. The van der Waals surface area contributed by atoms with E-state index >= 15 is 0 Å². The number of hydrogen-bond acceptors (Lipinski definition) is 2. The summed E-state index contributed by atoms with van der Waals surface area (Å²) in [5.74, 6) is -0.889. The van der Waals surface area contributed by atoms with Crippen LogP contribution in [0.2, 0.25) is 5.02 Å². The average molecular weight is 299 g/mol. The fraction of sp³-hybridized carbons (Fsp3) is 0.429. The second-order valence-electron chi connectivity index (χ2n) is 5.47. The molecule has 1 aliphatic rings. The molecule has 0 bridgehead atoms. The predicted molar refractivity (Wildman–Crippen MR) is 73.6 cm³/mol. The number of halogens is 2. The Morgan fingerprint density at radius 1 is 1.40 bits per heavy atom. The van der Waals surface area contributed by atoms with Gasteiger partial charge in [0.1, 0.15) is 17.4 Å². The Bertz CT molecular complexity index is 574. The maximum Gasteiger partial charge on any atom is 0.248 e. The van der Waals surface area contributed by atoms with Crippen LogP contribution in [-0.2, 0) is 16.1 Å². The van der Waals surface area contributed by atoms with Crippen molar-refractivity contribution in [3.8, 4) is 0 Å². The molecule has 1 fully saturated rings. The molecule has 1 aromatic rings. The van der Waals surface area contributed by atoms with Crippen LogP contribution in [0.25, 0.3) is 0 Å². The van der Waals surface area contributed by atoms with Crippen LogP contribution in [0.15, 0.2) is 18.2 Å². The molecular formula is C14H16ClFN2O2. The molecule has 0 aliphatic carbocycles. The van der Waals surface area contributed by atoms with Gasteiger partial charge in [-0.15, -0.1) is 0 Å². The van der Waals surface area contributed by atoms with Crippen molar-refractivity contribution in [2.75, 3.05) is 0 Å². The summed E-state index contributed by atoms with van der Waals surface area (Å²) in [5.41, 5.74) is -0.255. The highest BCUT2D eigenvalue weighted by atomic mass is 35.5. The van der Waals surface area contributed by atoms with Crippen molar-refractivity contribution in [1.29, 1.82) is 0 Å². The Hall–Kier alpha value is -1.62. The lowest BCUT2D eigenvalue weighted by Gasteiger charge is -2.41. The molecule has 1 aromatic carbocycles. The molecule has 0 radical (unpaired) electrons. The van der Waals surface area contributed by atoms with Crippen molar-refractivity contribution in [3.63, 3.8) is 0 Å². The lowest BCUT2D eigenvalue weighted by molar-refractivity contribution is -0.153.